The molecule has 0 radical (unpaired) electrons. The van der Waals surface area contributed by atoms with Gasteiger partial charge in [-0.2, -0.15) is 4.31 Å². The summed E-state index contributed by atoms with van der Waals surface area (Å²) in [5.74, 6) is 0.0685. The average Bonchev–Trinajstić information content (AvgIpc) is 2.73. The van der Waals surface area contributed by atoms with E-state index in [-0.39, 0.29) is 40.5 Å². The van der Waals surface area contributed by atoms with E-state index in [1.165, 1.54) is 16.4 Å². The van der Waals surface area contributed by atoms with Crippen LogP contribution in [0.1, 0.15) is 25.8 Å². The number of sulfonamides is 1. The second kappa shape index (κ2) is 10.2. The van der Waals surface area contributed by atoms with E-state index in [4.69, 9.17) is 0 Å². The summed E-state index contributed by atoms with van der Waals surface area (Å²) in [6.45, 7) is 4.68. The summed E-state index contributed by atoms with van der Waals surface area (Å²) in [5.41, 5.74) is 0.336. The molecule has 1 N–H and O–H groups in total. The molecule has 3 rings (SSSR count). The highest BCUT2D eigenvalue weighted by atomic mass is 32.2. The zero-order valence-electron chi connectivity index (χ0n) is 18.7. The molecule has 2 aromatic rings. The molecule has 0 saturated carbocycles. The standard InChI is InChI=1S/C22H29N3O6S2/c1-17-12-18(2)15-24(14-17)33(30,31)20-8-9-21(22(13-20)25(26)27)23-10-11-32(28,29)16-19-6-4-3-5-7-19/h3-9,13,17-18,23H,10-12,14-16H2,1-2H3/t17-,18-/m1/s1. The molecule has 180 valence electrons. The first-order valence-electron chi connectivity index (χ1n) is 10.7. The van der Waals surface area contributed by atoms with Crippen LogP contribution in [0.3, 0.4) is 0 Å². The van der Waals surface area contributed by atoms with Crippen LogP contribution in [0.4, 0.5) is 11.4 Å². The van der Waals surface area contributed by atoms with Gasteiger partial charge in [-0.1, -0.05) is 44.2 Å². The van der Waals surface area contributed by atoms with E-state index in [1.54, 1.807) is 30.3 Å². The quantitative estimate of drug-likeness (QED) is 0.418. The lowest BCUT2D eigenvalue weighted by atomic mass is 9.94. The second-order valence-electron chi connectivity index (χ2n) is 8.71. The fourth-order valence-electron chi connectivity index (χ4n) is 4.17. The van der Waals surface area contributed by atoms with Crippen LogP contribution in [0.2, 0.25) is 0 Å². The topological polar surface area (TPSA) is 127 Å². The van der Waals surface area contributed by atoms with Gasteiger partial charge in [-0.3, -0.25) is 10.1 Å². The Hall–Kier alpha value is -2.50. The van der Waals surface area contributed by atoms with Gasteiger partial charge in [0.1, 0.15) is 5.69 Å². The largest absolute Gasteiger partial charge is 0.378 e. The van der Waals surface area contributed by atoms with Crippen LogP contribution in [0.15, 0.2) is 53.4 Å². The summed E-state index contributed by atoms with van der Waals surface area (Å²) >= 11 is 0. The number of nitrogens with one attached hydrogen (secondary N) is 1. The van der Waals surface area contributed by atoms with Crippen molar-refractivity contribution < 1.29 is 21.8 Å². The van der Waals surface area contributed by atoms with Gasteiger partial charge < -0.3 is 5.32 Å². The SMILES string of the molecule is C[C@@H]1C[C@@H](C)CN(S(=O)(=O)c2ccc(NCCS(=O)(=O)Cc3ccccc3)c([N+](=O)[O-])c2)C1. The zero-order valence-corrected chi connectivity index (χ0v) is 20.3. The predicted octanol–water partition coefficient (Wildman–Crippen LogP) is 3.29. The predicted molar refractivity (Wildman–Crippen MR) is 127 cm³/mol. The summed E-state index contributed by atoms with van der Waals surface area (Å²) < 4.78 is 52.3. The maximum atomic E-state index is 13.1. The number of hydrogen-bond donors (Lipinski definition) is 1. The molecule has 1 aliphatic rings. The molecule has 1 fully saturated rings. The molecule has 2 aromatic carbocycles. The molecule has 1 saturated heterocycles. The number of nitro groups is 1. The van der Waals surface area contributed by atoms with Crippen LogP contribution in [-0.2, 0) is 25.6 Å². The van der Waals surface area contributed by atoms with Gasteiger partial charge in [0.2, 0.25) is 10.0 Å². The van der Waals surface area contributed by atoms with Gasteiger partial charge in [-0.15, -0.1) is 0 Å². The molecule has 2 atom stereocenters. The van der Waals surface area contributed by atoms with Crippen LogP contribution in [0.25, 0.3) is 0 Å². The molecule has 0 amide bonds. The highest BCUT2D eigenvalue weighted by molar-refractivity contribution is 7.90. The lowest BCUT2D eigenvalue weighted by Crippen LogP contribution is -2.42. The fourth-order valence-corrected chi connectivity index (χ4v) is 7.12. The number of rotatable bonds is 9. The van der Waals surface area contributed by atoms with Crippen molar-refractivity contribution in [3.63, 3.8) is 0 Å². The van der Waals surface area contributed by atoms with Crippen LogP contribution in [0, 0.1) is 22.0 Å². The molecule has 0 aliphatic carbocycles. The van der Waals surface area contributed by atoms with Crippen molar-refractivity contribution in [3.8, 4) is 0 Å². The van der Waals surface area contributed by atoms with Crippen molar-refractivity contribution in [2.24, 2.45) is 11.8 Å². The molecule has 0 aromatic heterocycles. The minimum absolute atomic E-state index is 0.0384. The number of nitro benzene ring substituents is 1. The highest BCUT2D eigenvalue weighted by Crippen LogP contribution is 2.31. The van der Waals surface area contributed by atoms with Crippen LogP contribution in [-0.4, -0.2) is 51.5 Å². The summed E-state index contributed by atoms with van der Waals surface area (Å²) in [6, 6.07) is 12.4. The maximum Gasteiger partial charge on any atom is 0.293 e. The lowest BCUT2D eigenvalue weighted by molar-refractivity contribution is -0.384. The Labute approximate surface area is 194 Å². The van der Waals surface area contributed by atoms with Gasteiger partial charge in [-0.05, 0) is 36.0 Å². The van der Waals surface area contributed by atoms with Gasteiger partial charge in [0.05, 0.1) is 21.3 Å². The van der Waals surface area contributed by atoms with E-state index in [9.17, 15) is 26.9 Å². The summed E-state index contributed by atoms with van der Waals surface area (Å²) in [5, 5.41) is 14.4. The number of piperidine rings is 1. The highest BCUT2D eigenvalue weighted by Gasteiger charge is 2.33. The summed E-state index contributed by atoms with van der Waals surface area (Å²) in [7, 11) is -7.30. The van der Waals surface area contributed by atoms with Crippen molar-refractivity contribution in [1.29, 1.82) is 0 Å². The minimum atomic E-state index is -3.87. The van der Waals surface area contributed by atoms with Crippen molar-refractivity contribution in [2.75, 3.05) is 30.7 Å². The van der Waals surface area contributed by atoms with Gasteiger partial charge in [0, 0.05) is 25.7 Å². The molecular weight excluding hydrogens is 466 g/mol. The number of sulfone groups is 1. The molecule has 9 nitrogen and oxygen atoms in total. The van der Waals surface area contributed by atoms with Gasteiger partial charge >= 0.3 is 0 Å². The maximum absolute atomic E-state index is 13.1. The Morgan fingerprint density at radius 3 is 2.27 bits per heavy atom. The fraction of sp³-hybridized carbons (Fsp3) is 0.455. The molecule has 0 bridgehead atoms. The van der Waals surface area contributed by atoms with E-state index >= 15 is 0 Å². The molecule has 33 heavy (non-hydrogen) atoms. The monoisotopic (exact) mass is 495 g/mol. The Balaban J connectivity index is 1.73. The zero-order chi connectivity index (χ0) is 24.2. The number of hydrogen-bond acceptors (Lipinski definition) is 7. The first kappa shape index (κ1) is 25.1. The average molecular weight is 496 g/mol. The van der Waals surface area contributed by atoms with E-state index in [0.717, 1.165) is 12.5 Å². The number of benzene rings is 2. The molecule has 1 aliphatic heterocycles. The van der Waals surface area contributed by atoms with Crippen molar-refractivity contribution in [2.45, 2.75) is 30.9 Å². The van der Waals surface area contributed by atoms with Crippen LogP contribution >= 0.6 is 0 Å². The van der Waals surface area contributed by atoms with Gasteiger partial charge in [0.15, 0.2) is 9.84 Å². The first-order valence-corrected chi connectivity index (χ1v) is 14.0. The summed E-state index contributed by atoms with van der Waals surface area (Å²) in [6.07, 6.45) is 0.933. The van der Waals surface area contributed by atoms with Crippen LogP contribution < -0.4 is 5.32 Å². The van der Waals surface area contributed by atoms with E-state index in [1.807, 2.05) is 13.8 Å². The minimum Gasteiger partial charge on any atom is -0.378 e. The van der Waals surface area contributed by atoms with Gasteiger partial charge in [-0.25, -0.2) is 16.8 Å². The third-order valence-corrected chi connectivity index (χ3v) is 9.02. The van der Waals surface area contributed by atoms with Crippen LogP contribution in [0.5, 0.6) is 0 Å². The molecular formula is C22H29N3O6S2. The Morgan fingerprint density at radius 1 is 1.03 bits per heavy atom. The van der Waals surface area contributed by atoms with E-state index in [2.05, 4.69) is 5.32 Å². The number of anilines is 1. The lowest BCUT2D eigenvalue weighted by Gasteiger charge is -2.34. The summed E-state index contributed by atoms with van der Waals surface area (Å²) in [4.78, 5) is 10.8. The normalized spacial score (nSPS) is 19.8. The molecule has 1 heterocycles. The molecule has 0 spiro atoms. The van der Waals surface area contributed by atoms with Crippen molar-refractivity contribution in [3.05, 3.63) is 64.2 Å². The number of nitrogens with zero attached hydrogens (tertiary/aromatic N) is 2. The van der Waals surface area contributed by atoms with E-state index in [0.29, 0.717) is 18.7 Å². The molecule has 0 unspecified atom stereocenters. The third kappa shape index (κ3) is 6.52. The molecule has 11 heteroatoms. The smallest absolute Gasteiger partial charge is 0.293 e. The Morgan fingerprint density at radius 2 is 1.67 bits per heavy atom. The second-order valence-corrected chi connectivity index (χ2v) is 12.8. The van der Waals surface area contributed by atoms with E-state index < -0.39 is 30.5 Å². The third-order valence-electron chi connectivity index (χ3n) is 5.60. The first-order chi connectivity index (χ1) is 15.5. The van der Waals surface area contributed by atoms with Gasteiger partial charge in [0.25, 0.3) is 5.69 Å². The Kier molecular flexibility index (Phi) is 7.76. The van der Waals surface area contributed by atoms with Crippen molar-refractivity contribution >= 4 is 31.2 Å². The Bertz CT molecular complexity index is 1190. The van der Waals surface area contributed by atoms with Crippen molar-refractivity contribution in [1.82, 2.24) is 4.31 Å².